The number of nitrogens with one attached hydrogen (secondary N) is 2. The van der Waals surface area contributed by atoms with Crippen LogP contribution in [0.2, 0.25) is 10.0 Å². The van der Waals surface area contributed by atoms with Crippen LogP contribution in [0.15, 0.2) is 67.0 Å². The number of carbonyl (C=O) groups excluding carboxylic acids is 1. The van der Waals surface area contributed by atoms with Crippen LogP contribution in [0, 0.1) is 0 Å². The summed E-state index contributed by atoms with van der Waals surface area (Å²) in [5.41, 5.74) is 1.98. The maximum atomic E-state index is 13.7. The molecule has 3 atom stereocenters. The van der Waals surface area contributed by atoms with Crippen molar-refractivity contribution in [1.82, 2.24) is 20.6 Å². The average molecular weight is 500 g/mol. The molecule has 7 nitrogen and oxygen atoms in total. The van der Waals surface area contributed by atoms with Crippen LogP contribution in [0.1, 0.15) is 18.1 Å². The first-order chi connectivity index (χ1) is 16.5. The number of ketones is 1. The molecular weight excluding hydrogens is 473 g/mol. The van der Waals surface area contributed by atoms with Gasteiger partial charge < -0.3 is 9.64 Å². The molecule has 0 radical (unpaired) electrons. The highest BCUT2D eigenvalue weighted by Gasteiger charge is 2.40. The number of anilines is 1. The first kappa shape index (κ1) is 24.6. The zero-order valence-corrected chi connectivity index (χ0v) is 20.3. The quantitative estimate of drug-likeness (QED) is 0.462. The fraction of sp³-hybridized carbons (Fsp3) is 0.320. The lowest BCUT2D eigenvalue weighted by Gasteiger charge is -2.42. The summed E-state index contributed by atoms with van der Waals surface area (Å²) in [4.78, 5) is 24.4. The van der Waals surface area contributed by atoms with Gasteiger partial charge in [0.05, 0.1) is 22.8 Å². The van der Waals surface area contributed by atoms with Crippen LogP contribution in [-0.2, 0) is 22.7 Å². The van der Waals surface area contributed by atoms with Gasteiger partial charge in [-0.15, -0.1) is 0 Å². The molecular formula is C25H27Cl2N5O2. The fourth-order valence-corrected chi connectivity index (χ4v) is 4.25. The Kier molecular flexibility index (Phi) is 8.48. The van der Waals surface area contributed by atoms with Gasteiger partial charge in [0.1, 0.15) is 12.1 Å². The minimum atomic E-state index is -0.661. The molecule has 2 heterocycles. The molecule has 1 saturated heterocycles. The van der Waals surface area contributed by atoms with Crippen LogP contribution < -0.4 is 15.5 Å². The van der Waals surface area contributed by atoms with Gasteiger partial charge in [-0.3, -0.25) is 15.4 Å². The molecule has 3 unspecified atom stereocenters. The second-order valence-corrected chi connectivity index (χ2v) is 8.90. The lowest BCUT2D eigenvalue weighted by Crippen LogP contribution is -2.67. The monoisotopic (exact) mass is 499 g/mol. The molecule has 9 heteroatoms. The second-order valence-electron chi connectivity index (χ2n) is 8.09. The van der Waals surface area contributed by atoms with Crippen LogP contribution in [0.5, 0.6) is 0 Å². The standard InChI is InChI=1S/C25H27Cl2N5O2/c1-17(34-16-19-8-9-20(26)21(27)14-19)23(33)22-24(31-15-18-6-3-2-4-7-18)28-12-13-32(22)25-29-10-5-11-30-25/h2-11,14,17,22,24,28,31H,12-13,15-16H2,1H3. The third-order valence-electron chi connectivity index (χ3n) is 5.72. The van der Waals surface area contributed by atoms with Gasteiger partial charge >= 0.3 is 0 Å². The van der Waals surface area contributed by atoms with Gasteiger partial charge in [-0.2, -0.15) is 0 Å². The van der Waals surface area contributed by atoms with Crippen molar-refractivity contribution in [2.45, 2.75) is 38.4 Å². The summed E-state index contributed by atoms with van der Waals surface area (Å²) in [5, 5.41) is 7.87. The number of rotatable bonds is 9. The van der Waals surface area contributed by atoms with E-state index in [1.165, 1.54) is 0 Å². The Morgan fingerprint density at radius 2 is 1.88 bits per heavy atom. The van der Waals surface area contributed by atoms with Crippen molar-refractivity contribution < 1.29 is 9.53 Å². The Bertz CT molecular complexity index is 1090. The topological polar surface area (TPSA) is 79.4 Å². The van der Waals surface area contributed by atoms with Gasteiger partial charge in [-0.1, -0.05) is 59.6 Å². The number of piperazine rings is 1. The molecule has 2 aromatic carbocycles. The van der Waals surface area contributed by atoms with Crippen molar-refractivity contribution in [1.29, 1.82) is 0 Å². The minimum Gasteiger partial charge on any atom is -0.366 e. The van der Waals surface area contributed by atoms with E-state index >= 15 is 0 Å². The van der Waals surface area contributed by atoms with Crippen LogP contribution in [0.25, 0.3) is 0 Å². The summed E-state index contributed by atoms with van der Waals surface area (Å²) in [5.74, 6) is 0.454. The summed E-state index contributed by atoms with van der Waals surface area (Å²) in [6.07, 6.45) is 2.40. The summed E-state index contributed by atoms with van der Waals surface area (Å²) >= 11 is 12.1. The van der Waals surface area contributed by atoms with Crippen molar-refractivity contribution in [3.8, 4) is 0 Å². The number of ether oxygens (including phenoxy) is 1. The number of Topliss-reactive ketones (excluding diaryl/α,β-unsaturated/α-hetero) is 1. The normalized spacial score (nSPS) is 19.1. The summed E-state index contributed by atoms with van der Waals surface area (Å²) in [6, 6.07) is 16.6. The number of hydrogen-bond acceptors (Lipinski definition) is 7. The SMILES string of the molecule is CC(OCc1ccc(Cl)c(Cl)c1)C(=O)C1C(NCc2ccccc2)NCCN1c1ncccn1. The van der Waals surface area contributed by atoms with Gasteiger partial charge in [0, 0.05) is 32.0 Å². The average Bonchev–Trinajstić information content (AvgIpc) is 2.88. The van der Waals surface area contributed by atoms with E-state index < -0.39 is 12.1 Å². The molecule has 2 N–H and O–H groups in total. The van der Waals surface area contributed by atoms with Gasteiger partial charge in [0.25, 0.3) is 0 Å². The molecule has 1 fully saturated rings. The highest BCUT2D eigenvalue weighted by atomic mass is 35.5. The third kappa shape index (κ3) is 6.11. The van der Waals surface area contributed by atoms with Crippen LogP contribution in [-0.4, -0.2) is 47.2 Å². The predicted octanol–water partition coefficient (Wildman–Crippen LogP) is 3.85. The zero-order chi connectivity index (χ0) is 23.9. The predicted molar refractivity (Wildman–Crippen MR) is 134 cm³/mol. The smallest absolute Gasteiger partial charge is 0.226 e. The second kappa shape index (κ2) is 11.7. The van der Waals surface area contributed by atoms with Gasteiger partial charge in [-0.05, 0) is 36.2 Å². The van der Waals surface area contributed by atoms with Crippen molar-refractivity contribution >= 4 is 34.9 Å². The van der Waals surface area contributed by atoms with Crippen LogP contribution in [0.3, 0.4) is 0 Å². The first-order valence-electron chi connectivity index (χ1n) is 11.2. The highest BCUT2D eigenvalue weighted by molar-refractivity contribution is 6.42. The Morgan fingerprint density at radius 1 is 1.12 bits per heavy atom. The first-order valence-corrected chi connectivity index (χ1v) is 11.9. The maximum absolute atomic E-state index is 13.7. The van der Waals surface area contributed by atoms with E-state index in [1.807, 2.05) is 41.3 Å². The number of hydrogen-bond donors (Lipinski definition) is 2. The van der Waals surface area contributed by atoms with E-state index in [9.17, 15) is 4.79 Å². The number of benzene rings is 2. The zero-order valence-electron chi connectivity index (χ0n) is 18.8. The Balaban J connectivity index is 1.51. The molecule has 1 aromatic heterocycles. The van der Waals surface area contributed by atoms with E-state index in [-0.39, 0.29) is 18.6 Å². The van der Waals surface area contributed by atoms with Crippen LogP contribution >= 0.6 is 23.2 Å². The highest BCUT2D eigenvalue weighted by Crippen LogP contribution is 2.24. The summed E-state index contributed by atoms with van der Waals surface area (Å²) < 4.78 is 5.96. The summed E-state index contributed by atoms with van der Waals surface area (Å²) in [7, 11) is 0. The molecule has 0 amide bonds. The number of carbonyl (C=O) groups is 1. The number of nitrogens with zero attached hydrogens (tertiary/aromatic N) is 3. The molecule has 0 aliphatic carbocycles. The van der Waals surface area contributed by atoms with Crippen molar-refractivity contribution in [3.63, 3.8) is 0 Å². The van der Waals surface area contributed by atoms with Crippen LogP contribution in [0.4, 0.5) is 5.95 Å². The molecule has 0 saturated carbocycles. The molecule has 4 rings (SSSR count). The Labute approximate surface area is 209 Å². The van der Waals surface area contributed by atoms with E-state index in [0.29, 0.717) is 35.6 Å². The molecule has 1 aliphatic heterocycles. The van der Waals surface area contributed by atoms with Gasteiger partial charge in [0.15, 0.2) is 5.78 Å². The molecule has 1 aliphatic rings. The van der Waals surface area contributed by atoms with E-state index in [2.05, 4.69) is 20.6 Å². The molecule has 178 valence electrons. The molecule has 0 bridgehead atoms. The van der Waals surface area contributed by atoms with Gasteiger partial charge in [0.2, 0.25) is 5.95 Å². The number of halogens is 2. The Morgan fingerprint density at radius 3 is 2.62 bits per heavy atom. The lowest BCUT2D eigenvalue weighted by atomic mass is 10.0. The maximum Gasteiger partial charge on any atom is 0.226 e. The Hall–Kier alpha value is -2.55. The van der Waals surface area contributed by atoms with E-state index in [0.717, 1.165) is 11.1 Å². The van der Waals surface area contributed by atoms with Crippen molar-refractivity contribution in [2.75, 3.05) is 18.0 Å². The third-order valence-corrected chi connectivity index (χ3v) is 6.46. The van der Waals surface area contributed by atoms with E-state index in [4.69, 9.17) is 27.9 Å². The van der Waals surface area contributed by atoms with E-state index in [1.54, 1.807) is 37.5 Å². The lowest BCUT2D eigenvalue weighted by molar-refractivity contribution is -0.133. The fourth-order valence-electron chi connectivity index (χ4n) is 3.93. The number of aromatic nitrogens is 2. The van der Waals surface area contributed by atoms with Crippen molar-refractivity contribution in [3.05, 3.63) is 88.2 Å². The minimum absolute atomic E-state index is 0.0646. The van der Waals surface area contributed by atoms with Gasteiger partial charge in [-0.25, -0.2) is 9.97 Å². The molecule has 3 aromatic rings. The van der Waals surface area contributed by atoms with Crippen molar-refractivity contribution in [2.24, 2.45) is 0 Å². The molecule has 34 heavy (non-hydrogen) atoms. The largest absolute Gasteiger partial charge is 0.366 e. The summed E-state index contributed by atoms with van der Waals surface area (Å²) in [6.45, 7) is 3.92. The molecule has 0 spiro atoms.